The maximum Gasteiger partial charge on any atom is 0.252 e. The lowest BCUT2D eigenvalue weighted by atomic mass is 10.1. The molecule has 0 radical (unpaired) electrons. The maximum atomic E-state index is 12.4. The number of hydrogen-bond acceptors (Lipinski definition) is 2. The molecule has 0 aliphatic carbocycles. The Morgan fingerprint density at radius 3 is 2.46 bits per heavy atom. The molecule has 3 rings (SSSR count). The van der Waals surface area contributed by atoms with Crippen LogP contribution in [0.15, 0.2) is 47.5 Å². The normalized spacial score (nSPS) is 12.0. The number of carbonyl (C=O) groups is 1. The standard InChI is InChI=1S/C20H22N2OS/c1-4-15-7-9-16(10-8-15)13-19(23)21-20-22(5-2)17-11-6-14(3)12-18(17)24-20/h6-12H,4-5,13H2,1-3H3. The molecule has 0 spiro atoms. The average Bonchev–Trinajstić information content (AvgIpc) is 2.91. The highest BCUT2D eigenvalue weighted by molar-refractivity contribution is 7.16. The summed E-state index contributed by atoms with van der Waals surface area (Å²) in [7, 11) is 0. The molecule has 3 aromatic rings. The van der Waals surface area contributed by atoms with Gasteiger partial charge in [-0.05, 0) is 49.1 Å². The number of amides is 1. The Bertz CT molecular complexity index is 932. The molecular formula is C20H22N2OS. The molecule has 0 unspecified atom stereocenters. The van der Waals surface area contributed by atoms with E-state index in [4.69, 9.17) is 0 Å². The van der Waals surface area contributed by atoms with Crippen molar-refractivity contribution in [3.63, 3.8) is 0 Å². The monoisotopic (exact) mass is 338 g/mol. The van der Waals surface area contributed by atoms with Crippen LogP contribution in [0.2, 0.25) is 0 Å². The average molecular weight is 338 g/mol. The number of nitrogens with zero attached hydrogens (tertiary/aromatic N) is 2. The van der Waals surface area contributed by atoms with Crippen molar-refractivity contribution < 1.29 is 4.79 Å². The lowest BCUT2D eigenvalue weighted by Gasteiger charge is -2.01. The van der Waals surface area contributed by atoms with Gasteiger partial charge in [-0.2, -0.15) is 4.99 Å². The SMILES string of the molecule is CCc1ccc(CC(=O)N=c2sc3cc(C)ccc3n2CC)cc1. The van der Waals surface area contributed by atoms with E-state index >= 15 is 0 Å². The van der Waals surface area contributed by atoms with Gasteiger partial charge in [0.2, 0.25) is 0 Å². The van der Waals surface area contributed by atoms with Crippen LogP contribution >= 0.6 is 11.3 Å². The molecule has 0 aliphatic rings. The van der Waals surface area contributed by atoms with Gasteiger partial charge < -0.3 is 4.57 Å². The highest BCUT2D eigenvalue weighted by atomic mass is 32.1. The molecule has 124 valence electrons. The summed E-state index contributed by atoms with van der Waals surface area (Å²) in [5, 5.41) is 0. The van der Waals surface area contributed by atoms with Gasteiger partial charge in [-0.3, -0.25) is 4.79 Å². The molecular weight excluding hydrogens is 316 g/mol. The molecule has 0 saturated heterocycles. The zero-order chi connectivity index (χ0) is 17.1. The summed E-state index contributed by atoms with van der Waals surface area (Å²) in [6, 6.07) is 14.6. The van der Waals surface area contributed by atoms with Crippen LogP contribution in [-0.4, -0.2) is 10.5 Å². The predicted octanol–water partition coefficient (Wildman–Crippen LogP) is 4.26. The Morgan fingerprint density at radius 1 is 1.08 bits per heavy atom. The van der Waals surface area contributed by atoms with Crippen LogP contribution in [0.4, 0.5) is 0 Å². The summed E-state index contributed by atoms with van der Waals surface area (Å²) in [5.74, 6) is -0.0928. The first-order chi connectivity index (χ1) is 11.6. The Labute approximate surface area is 146 Å². The maximum absolute atomic E-state index is 12.4. The number of aryl methyl sites for hydroxylation is 3. The molecule has 1 heterocycles. The minimum Gasteiger partial charge on any atom is -0.317 e. The molecule has 0 fully saturated rings. The van der Waals surface area contributed by atoms with Gasteiger partial charge in [-0.1, -0.05) is 48.6 Å². The summed E-state index contributed by atoms with van der Waals surface area (Å²) < 4.78 is 3.29. The third-order valence-corrected chi connectivity index (χ3v) is 5.20. The van der Waals surface area contributed by atoms with Gasteiger partial charge in [-0.25, -0.2) is 0 Å². The minimum absolute atomic E-state index is 0.0928. The number of thiazole rings is 1. The molecule has 0 bridgehead atoms. The summed E-state index contributed by atoms with van der Waals surface area (Å²) >= 11 is 1.58. The van der Waals surface area contributed by atoms with Crippen molar-refractivity contribution in [2.45, 2.75) is 40.2 Å². The van der Waals surface area contributed by atoms with Crippen molar-refractivity contribution in [1.29, 1.82) is 0 Å². The summed E-state index contributed by atoms with van der Waals surface area (Å²) in [6.45, 7) is 7.10. The summed E-state index contributed by atoms with van der Waals surface area (Å²) in [6.07, 6.45) is 1.36. The lowest BCUT2D eigenvalue weighted by Crippen LogP contribution is -2.16. The van der Waals surface area contributed by atoms with Crippen molar-refractivity contribution in [2.75, 3.05) is 0 Å². The van der Waals surface area contributed by atoms with E-state index in [-0.39, 0.29) is 5.91 Å². The Morgan fingerprint density at radius 2 is 1.79 bits per heavy atom. The number of hydrogen-bond donors (Lipinski definition) is 0. The first-order valence-electron chi connectivity index (χ1n) is 8.36. The fraction of sp³-hybridized carbons (Fsp3) is 0.300. The zero-order valence-corrected chi connectivity index (χ0v) is 15.2. The summed E-state index contributed by atoms with van der Waals surface area (Å²) in [4.78, 5) is 17.5. The summed E-state index contributed by atoms with van der Waals surface area (Å²) in [5.41, 5.74) is 4.67. The van der Waals surface area contributed by atoms with Crippen molar-refractivity contribution in [1.82, 2.24) is 4.57 Å². The number of carbonyl (C=O) groups excluding carboxylic acids is 1. The molecule has 0 atom stereocenters. The molecule has 0 saturated carbocycles. The number of rotatable bonds is 4. The van der Waals surface area contributed by atoms with Crippen LogP contribution in [0.25, 0.3) is 10.2 Å². The van der Waals surface area contributed by atoms with Gasteiger partial charge in [0.25, 0.3) is 5.91 Å². The van der Waals surface area contributed by atoms with E-state index in [1.807, 2.05) is 12.1 Å². The molecule has 0 aliphatic heterocycles. The third kappa shape index (κ3) is 3.49. The number of fused-ring (bicyclic) bond motifs is 1. The Kier molecular flexibility index (Phi) is 4.95. The first-order valence-corrected chi connectivity index (χ1v) is 9.17. The Hall–Kier alpha value is -2.20. The van der Waals surface area contributed by atoms with E-state index in [1.165, 1.54) is 15.8 Å². The van der Waals surface area contributed by atoms with Gasteiger partial charge in [0.1, 0.15) is 0 Å². The van der Waals surface area contributed by atoms with Crippen molar-refractivity contribution in [2.24, 2.45) is 4.99 Å². The largest absolute Gasteiger partial charge is 0.317 e. The number of benzene rings is 2. The predicted molar refractivity (Wildman–Crippen MR) is 100 cm³/mol. The topological polar surface area (TPSA) is 34.4 Å². The van der Waals surface area contributed by atoms with Gasteiger partial charge in [0, 0.05) is 6.54 Å². The van der Waals surface area contributed by atoms with E-state index in [2.05, 4.69) is 60.7 Å². The van der Waals surface area contributed by atoms with Crippen molar-refractivity contribution in [3.05, 3.63) is 64.0 Å². The smallest absolute Gasteiger partial charge is 0.252 e. The minimum atomic E-state index is -0.0928. The molecule has 4 heteroatoms. The highest BCUT2D eigenvalue weighted by Crippen LogP contribution is 2.19. The molecule has 0 N–H and O–H groups in total. The quantitative estimate of drug-likeness (QED) is 0.700. The second-order valence-corrected chi connectivity index (χ2v) is 6.96. The molecule has 2 aromatic carbocycles. The van der Waals surface area contributed by atoms with Gasteiger partial charge >= 0.3 is 0 Å². The van der Waals surface area contributed by atoms with E-state index in [0.29, 0.717) is 6.42 Å². The van der Waals surface area contributed by atoms with Crippen LogP contribution in [0.1, 0.15) is 30.5 Å². The van der Waals surface area contributed by atoms with E-state index in [1.54, 1.807) is 11.3 Å². The molecule has 1 aromatic heterocycles. The van der Waals surface area contributed by atoms with E-state index in [0.717, 1.165) is 28.8 Å². The van der Waals surface area contributed by atoms with E-state index in [9.17, 15) is 4.79 Å². The first kappa shape index (κ1) is 16.7. The molecule has 24 heavy (non-hydrogen) atoms. The zero-order valence-electron chi connectivity index (χ0n) is 14.4. The van der Waals surface area contributed by atoms with Crippen molar-refractivity contribution >= 4 is 27.5 Å². The van der Waals surface area contributed by atoms with Crippen LogP contribution in [0.3, 0.4) is 0 Å². The Balaban J connectivity index is 1.91. The van der Waals surface area contributed by atoms with Gasteiger partial charge in [0.05, 0.1) is 16.6 Å². The second-order valence-electron chi connectivity index (χ2n) is 5.95. The lowest BCUT2D eigenvalue weighted by molar-refractivity contribution is -0.117. The van der Waals surface area contributed by atoms with Crippen LogP contribution < -0.4 is 4.80 Å². The van der Waals surface area contributed by atoms with Crippen LogP contribution in [-0.2, 0) is 24.2 Å². The molecule has 3 nitrogen and oxygen atoms in total. The second kappa shape index (κ2) is 7.14. The fourth-order valence-corrected chi connectivity index (χ4v) is 3.99. The highest BCUT2D eigenvalue weighted by Gasteiger charge is 2.07. The van der Waals surface area contributed by atoms with Crippen molar-refractivity contribution in [3.8, 4) is 0 Å². The van der Waals surface area contributed by atoms with Gasteiger partial charge in [0.15, 0.2) is 4.80 Å². The van der Waals surface area contributed by atoms with Crippen LogP contribution in [0.5, 0.6) is 0 Å². The van der Waals surface area contributed by atoms with Gasteiger partial charge in [-0.15, -0.1) is 0 Å². The number of aromatic nitrogens is 1. The van der Waals surface area contributed by atoms with Crippen LogP contribution in [0, 0.1) is 6.92 Å². The molecule has 1 amide bonds. The fourth-order valence-electron chi connectivity index (χ4n) is 2.78. The third-order valence-electron chi connectivity index (χ3n) is 4.16. The van der Waals surface area contributed by atoms with E-state index < -0.39 is 0 Å².